The molecule has 3 heterocycles. The maximum Gasteiger partial charge on any atom is 0.289 e. The van der Waals surface area contributed by atoms with E-state index in [1.165, 1.54) is 7.11 Å². The monoisotopic (exact) mass is 635 g/mol. The Bertz CT molecular complexity index is 1690. The number of aromatic nitrogens is 1. The third kappa shape index (κ3) is 5.93. The van der Waals surface area contributed by atoms with E-state index in [1.807, 2.05) is 6.07 Å². The van der Waals surface area contributed by atoms with Gasteiger partial charge in [-0.25, -0.2) is 8.78 Å². The molecule has 11 nitrogen and oxygen atoms in total. The number of ketones is 1. The second kappa shape index (κ2) is 12.2. The van der Waals surface area contributed by atoms with Crippen molar-refractivity contribution in [1.82, 2.24) is 25.8 Å². The highest BCUT2D eigenvalue weighted by molar-refractivity contribution is 6.38. The van der Waals surface area contributed by atoms with Crippen LogP contribution in [0.5, 0.6) is 5.75 Å². The minimum absolute atomic E-state index is 0.0633. The summed E-state index contributed by atoms with van der Waals surface area (Å²) in [6, 6.07) is 12.9. The Morgan fingerprint density at radius 3 is 2.57 bits per heavy atom. The lowest BCUT2D eigenvalue weighted by atomic mass is 9.89. The van der Waals surface area contributed by atoms with Crippen molar-refractivity contribution in [2.45, 2.75) is 56.7 Å². The minimum atomic E-state index is -3.06. The topological polar surface area (TPSA) is 150 Å². The number of nitrogens with one attached hydrogen (secondary N) is 4. The van der Waals surface area contributed by atoms with Crippen LogP contribution >= 0.6 is 0 Å². The molecule has 242 valence electrons. The number of rotatable bonds is 10. The van der Waals surface area contributed by atoms with Crippen molar-refractivity contribution in [2.24, 2.45) is 11.3 Å². The number of methoxy groups -OCH3 is 1. The summed E-state index contributed by atoms with van der Waals surface area (Å²) in [6.07, 6.45) is 0.166. The summed E-state index contributed by atoms with van der Waals surface area (Å²) >= 11 is 0. The highest BCUT2D eigenvalue weighted by atomic mass is 19.3. The number of amides is 4. The van der Waals surface area contributed by atoms with Gasteiger partial charge >= 0.3 is 0 Å². The average Bonchev–Trinajstić information content (AvgIpc) is 3.38. The second-order valence-corrected chi connectivity index (χ2v) is 12.4. The highest BCUT2D eigenvalue weighted by Crippen LogP contribution is 2.66. The third-order valence-electron chi connectivity index (χ3n) is 9.35. The van der Waals surface area contributed by atoms with Gasteiger partial charge in [-0.3, -0.25) is 24.0 Å². The van der Waals surface area contributed by atoms with Gasteiger partial charge in [0.2, 0.25) is 17.6 Å². The second-order valence-electron chi connectivity index (χ2n) is 12.4. The summed E-state index contributed by atoms with van der Waals surface area (Å²) in [4.78, 5) is 70.8. The molecule has 4 atom stereocenters. The molecule has 3 aromatic rings. The quantitative estimate of drug-likeness (QED) is 0.252. The van der Waals surface area contributed by atoms with Crippen molar-refractivity contribution in [3.05, 3.63) is 65.9 Å². The Hall–Kier alpha value is -4.81. The average molecular weight is 636 g/mol. The first-order valence-corrected chi connectivity index (χ1v) is 15.3. The van der Waals surface area contributed by atoms with Crippen molar-refractivity contribution in [3.63, 3.8) is 0 Å². The number of piperidine rings is 1. The van der Waals surface area contributed by atoms with Gasteiger partial charge in [-0.05, 0) is 49.4 Å². The molecule has 2 saturated heterocycles. The van der Waals surface area contributed by atoms with Crippen molar-refractivity contribution < 1.29 is 37.5 Å². The molecule has 0 bridgehead atoms. The number of H-pyrrole nitrogens is 1. The van der Waals surface area contributed by atoms with Gasteiger partial charge in [-0.1, -0.05) is 36.4 Å². The number of hydrogen-bond donors (Lipinski definition) is 4. The number of hydrogen-bond acceptors (Lipinski definition) is 6. The maximum absolute atomic E-state index is 14.7. The van der Waals surface area contributed by atoms with Crippen molar-refractivity contribution >= 4 is 40.3 Å². The zero-order chi connectivity index (χ0) is 32.6. The fraction of sp³-hybridized carbons (Fsp3) is 0.424. The Balaban J connectivity index is 1.24. The van der Waals surface area contributed by atoms with E-state index in [4.69, 9.17) is 4.74 Å². The Kier molecular flexibility index (Phi) is 8.26. The van der Waals surface area contributed by atoms with Gasteiger partial charge in [0.25, 0.3) is 17.7 Å². The molecule has 1 unspecified atom stereocenters. The smallest absolute Gasteiger partial charge is 0.289 e. The molecule has 1 saturated carbocycles. The number of nitrogens with zero attached hydrogens (tertiary/aromatic N) is 1. The zero-order valence-corrected chi connectivity index (χ0v) is 25.2. The van der Waals surface area contributed by atoms with Gasteiger partial charge in [0.05, 0.1) is 18.6 Å². The maximum atomic E-state index is 14.7. The number of ether oxygens (including phenoxy) is 1. The largest absolute Gasteiger partial charge is 0.496 e. The third-order valence-corrected chi connectivity index (χ3v) is 9.35. The van der Waals surface area contributed by atoms with E-state index in [-0.39, 0.29) is 37.5 Å². The highest BCUT2D eigenvalue weighted by Gasteiger charge is 2.75. The van der Waals surface area contributed by atoms with E-state index < -0.39 is 59.3 Å². The van der Waals surface area contributed by atoms with Crippen LogP contribution in [0.25, 0.3) is 10.9 Å². The number of Topliss-reactive ketones (excluding diaryl/α,β-unsaturated/α-hetero) is 1. The van der Waals surface area contributed by atoms with E-state index in [9.17, 15) is 32.8 Å². The van der Waals surface area contributed by atoms with Crippen LogP contribution in [0.15, 0.2) is 54.6 Å². The standard InChI is InChI=1S/C33H35F2N5O6/c1-46-26-11-5-10-22-21(26)14-24(38-22)31(45)40-18-32(17-33(32,34)35)15-25(40)29(43)39-23(13-20-9-6-12-36-28(20)42)27(41)30(44)37-16-19-7-3-2-4-8-19/h2-5,7-8,10-11,14,20,23,25,38H,6,9,12-13,15-18H2,1H3,(H,36,42)(H,37,44)(H,39,43)/t20-,23?,25-,32-/m0/s1. The summed E-state index contributed by atoms with van der Waals surface area (Å²) in [7, 11) is 1.49. The summed E-state index contributed by atoms with van der Waals surface area (Å²) in [5, 5.41) is 8.48. The van der Waals surface area contributed by atoms with Crippen LogP contribution in [0.1, 0.15) is 48.2 Å². The van der Waals surface area contributed by atoms with Gasteiger partial charge in [-0.2, -0.15) is 0 Å². The van der Waals surface area contributed by atoms with E-state index in [0.717, 1.165) is 10.5 Å². The molecule has 2 aliphatic heterocycles. The molecule has 0 radical (unpaired) electrons. The normalized spacial score (nSPS) is 23.9. The molecule has 6 rings (SSSR count). The number of fused-ring (bicyclic) bond motifs is 1. The molecule has 4 N–H and O–H groups in total. The van der Waals surface area contributed by atoms with Crippen LogP contribution in [0.4, 0.5) is 8.78 Å². The van der Waals surface area contributed by atoms with Crippen LogP contribution in [-0.4, -0.2) is 77.5 Å². The van der Waals surface area contributed by atoms with Crippen LogP contribution in [0.2, 0.25) is 0 Å². The molecular formula is C33H35F2N5O6. The lowest BCUT2D eigenvalue weighted by Crippen LogP contribution is -2.54. The number of carbonyl (C=O) groups is 5. The number of carbonyl (C=O) groups excluding carboxylic acids is 5. The molecule has 1 spiro atoms. The van der Waals surface area contributed by atoms with Crippen molar-refractivity contribution in [3.8, 4) is 5.75 Å². The predicted octanol–water partition coefficient (Wildman–Crippen LogP) is 2.70. The van der Waals surface area contributed by atoms with Crippen LogP contribution in [0, 0.1) is 11.3 Å². The number of aromatic amines is 1. The molecule has 1 aliphatic carbocycles. The molecule has 13 heteroatoms. The zero-order valence-electron chi connectivity index (χ0n) is 25.2. The van der Waals surface area contributed by atoms with E-state index in [2.05, 4.69) is 20.9 Å². The predicted molar refractivity (Wildman–Crippen MR) is 162 cm³/mol. The lowest BCUT2D eigenvalue weighted by Gasteiger charge is -2.28. The van der Waals surface area contributed by atoms with Crippen molar-refractivity contribution in [2.75, 3.05) is 20.2 Å². The number of benzene rings is 2. The first kappa shape index (κ1) is 31.2. The number of likely N-dealkylation sites (tertiary alicyclic amines) is 1. The summed E-state index contributed by atoms with van der Waals surface area (Å²) in [5.74, 6) is -6.92. The SMILES string of the molecule is COc1cccc2[nH]c(C(=O)N3C[C@]4(C[C@H]3C(=O)NC(C[C@@H]3CCCNC3=O)C(=O)C(=O)NCc3ccccc3)CC4(F)F)cc12. The van der Waals surface area contributed by atoms with E-state index >= 15 is 0 Å². The van der Waals surface area contributed by atoms with Gasteiger partial charge in [-0.15, -0.1) is 0 Å². The molecule has 1 aromatic heterocycles. The molecule has 3 aliphatic rings. The summed E-state index contributed by atoms with van der Waals surface area (Å²) in [5.41, 5.74) is -0.136. The number of halogens is 2. The van der Waals surface area contributed by atoms with E-state index in [0.29, 0.717) is 36.0 Å². The first-order chi connectivity index (χ1) is 22.0. The molecule has 2 aromatic carbocycles. The van der Waals surface area contributed by atoms with Gasteiger partial charge in [0, 0.05) is 42.9 Å². The van der Waals surface area contributed by atoms with Gasteiger partial charge in [0.15, 0.2) is 0 Å². The van der Waals surface area contributed by atoms with Crippen LogP contribution in [0.3, 0.4) is 0 Å². The molecule has 46 heavy (non-hydrogen) atoms. The first-order valence-electron chi connectivity index (χ1n) is 15.3. The number of alkyl halides is 2. The van der Waals surface area contributed by atoms with E-state index in [1.54, 1.807) is 48.5 Å². The van der Waals surface area contributed by atoms with Crippen molar-refractivity contribution in [1.29, 1.82) is 0 Å². The minimum Gasteiger partial charge on any atom is -0.496 e. The van der Waals surface area contributed by atoms with Crippen LogP contribution in [-0.2, 0) is 25.7 Å². The molecule has 3 fully saturated rings. The summed E-state index contributed by atoms with van der Waals surface area (Å²) in [6.45, 7) is 0.186. The fourth-order valence-corrected chi connectivity index (χ4v) is 6.65. The lowest BCUT2D eigenvalue weighted by molar-refractivity contribution is -0.141. The fourth-order valence-electron chi connectivity index (χ4n) is 6.65. The Morgan fingerprint density at radius 2 is 1.87 bits per heavy atom. The summed E-state index contributed by atoms with van der Waals surface area (Å²) < 4.78 is 34.7. The Morgan fingerprint density at radius 1 is 1.11 bits per heavy atom. The van der Waals surface area contributed by atoms with Crippen LogP contribution < -0.4 is 20.7 Å². The van der Waals surface area contributed by atoms with Gasteiger partial charge in [0.1, 0.15) is 17.5 Å². The van der Waals surface area contributed by atoms with Gasteiger partial charge < -0.3 is 30.6 Å². The molecule has 4 amide bonds. The molecular weight excluding hydrogens is 600 g/mol. The Labute approximate surface area is 263 Å².